The van der Waals surface area contributed by atoms with E-state index in [4.69, 9.17) is 0 Å². The Morgan fingerprint density at radius 3 is 2.45 bits per heavy atom. The van der Waals surface area contributed by atoms with Gasteiger partial charge in [-0.2, -0.15) is 13.2 Å². The molecule has 0 aliphatic carbocycles. The van der Waals surface area contributed by atoms with Gasteiger partial charge in [0.2, 0.25) is 0 Å². The fourth-order valence-electron chi connectivity index (χ4n) is 3.51. The summed E-state index contributed by atoms with van der Waals surface area (Å²) < 4.78 is 39.8. The summed E-state index contributed by atoms with van der Waals surface area (Å²) in [7, 11) is 0. The highest BCUT2D eigenvalue weighted by atomic mass is 32.1. The van der Waals surface area contributed by atoms with Crippen LogP contribution in [-0.2, 0) is 15.8 Å². The molecule has 1 aromatic carbocycles. The number of aromatic nitrogens is 1. The molecule has 0 spiro atoms. The van der Waals surface area contributed by atoms with Crippen LogP contribution < -0.4 is 4.90 Å². The van der Waals surface area contributed by atoms with Crippen LogP contribution in [0.2, 0.25) is 0 Å². The summed E-state index contributed by atoms with van der Waals surface area (Å²) in [4.78, 5) is 31.4. The molecule has 5 nitrogen and oxygen atoms in total. The maximum absolute atomic E-state index is 13.3. The van der Waals surface area contributed by atoms with Crippen molar-refractivity contribution in [3.05, 3.63) is 87.4 Å². The molecule has 2 aromatic heterocycles. The number of benzene rings is 1. The number of hydrogen-bond acceptors (Lipinski definition) is 5. The van der Waals surface area contributed by atoms with Gasteiger partial charge in [-0.3, -0.25) is 19.5 Å². The molecule has 1 fully saturated rings. The second-order valence-corrected chi connectivity index (χ2v) is 7.87. The van der Waals surface area contributed by atoms with E-state index in [0.29, 0.717) is 4.88 Å². The number of Topliss-reactive ketones (excluding diaryl/α,β-unsaturated/α-hetero) is 1. The molecule has 1 unspecified atom stereocenters. The van der Waals surface area contributed by atoms with Crippen LogP contribution in [0.5, 0.6) is 0 Å². The number of aliphatic hydroxyl groups is 1. The van der Waals surface area contributed by atoms with E-state index < -0.39 is 35.2 Å². The van der Waals surface area contributed by atoms with E-state index in [1.807, 2.05) is 0 Å². The summed E-state index contributed by atoms with van der Waals surface area (Å²) in [6.07, 6.45) is -1.78. The molecule has 0 radical (unpaired) electrons. The number of pyridine rings is 1. The number of anilines is 1. The molecule has 0 saturated carbocycles. The van der Waals surface area contributed by atoms with Gasteiger partial charge >= 0.3 is 6.18 Å². The van der Waals surface area contributed by atoms with Crippen molar-refractivity contribution < 1.29 is 27.9 Å². The van der Waals surface area contributed by atoms with Gasteiger partial charge in [0.15, 0.2) is 0 Å². The normalized spacial score (nSPS) is 18.6. The molecule has 3 heterocycles. The number of amides is 1. The second kappa shape index (κ2) is 7.66. The highest BCUT2D eigenvalue weighted by molar-refractivity contribution is 7.10. The van der Waals surface area contributed by atoms with Gasteiger partial charge in [-0.05, 0) is 54.3 Å². The van der Waals surface area contributed by atoms with Gasteiger partial charge in [0.05, 0.1) is 11.1 Å². The Bertz CT molecular complexity index is 1200. The second-order valence-electron chi connectivity index (χ2n) is 6.92. The quantitative estimate of drug-likeness (QED) is 0.347. The Balaban J connectivity index is 1.95. The lowest BCUT2D eigenvalue weighted by Crippen LogP contribution is -2.29. The summed E-state index contributed by atoms with van der Waals surface area (Å²) in [5.74, 6) is -2.38. The van der Waals surface area contributed by atoms with Crippen LogP contribution in [0.3, 0.4) is 0 Å². The van der Waals surface area contributed by atoms with Gasteiger partial charge < -0.3 is 5.11 Å². The zero-order valence-electron chi connectivity index (χ0n) is 16.1. The first-order valence-corrected chi connectivity index (χ1v) is 10.0. The molecule has 0 bridgehead atoms. The largest absolute Gasteiger partial charge is 0.507 e. The van der Waals surface area contributed by atoms with E-state index in [-0.39, 0.29) is 16.8 Å². The van der Waals surface area contributed by atoms with Crippen molar-refractivity contribution in [2.75, 3.05) is 4.90 Å². The Kier molecular flexibility index (Phi) is 5.14. The third-order valence-corrected chi connectivity index (χ3v) is 6.07. The molecule has 1 N–H and O–H groups in total. The molecule has 1 aliphatic heterocycles. The predicted molar refractivity (Wildman–Crippen MR) is 110 cm³/mol. The Hall–Kier alpha value is -3.46. The molecule has 1 atom stereocenters. The monoisotopic (exact) mass is 444 g/mol. The van der Waals surface area contributed by atoms with Crippen LogP contribution in [-0.4, -0.2) is 21.8 Å². The van der Waals surface area contributed by atoms with Crippen LogP contribution in [0.4, 0.5) is 18.9 Å². The van der Waals surface area contributed by atoms with E-state index in [0.717, 1.165) is 22.6 Å². The van der Waals surface area contributed by atoms with Gasteiger partial charge in [0.1, 0.15) is 11.8 Å². The SMILES string of the molecule is Cc1ccsc1C1/C(=C(/O)c2ccncc2)C(=O)C(=O)N1c1cccc(C(F)(F)F)c1. The van der Waals surface area contributed by atoms with E-state index in [9.17, 15) is 27.9 Å². The number of carbonyl (C=O) groups is 2. The number of aliphatic hydroxyl groups excluding tert-OH is 1. The fraction of sp³-hybridized carbons (Fsp3) is 0.136. The van der Waals surface area contributed by atoms with E-state index in [1.54, 1.807) is 18.4 Å². The molecule has 1 amide bonds. The number of nitrogens with zero attached hydrogens (tertiary/aromatic N) is 2. The smallest absolute Gasteiger partial charge is 0.416 e. The maximum Gasteiger partial charge on any atom is 0.416 e. The molecule has 9 heteroatoms. The molecular formula is C22H15F3N2O3S. The van der Waals surface area contributed by atoms with Crippen LogP contribution in [0.25, 0.3) is 5.76 Å². The van der Waals surface area contributed by atoms with Crippen LogP contribution in [0.15, 0.2) is 65.8 Å². The predicted octanol–water partition coefficient (Wildman–Crippen LogP) is 5.10. The fourth-order valence-corrected chi connectivity index (χ4v) is 4.53. The Labute approximate surface area is 179 Å². The molecule has 3 aromatic rings. The van der Waals surface area contributed by atoms with E-state index in [2.05, 4.69) is 4.98 Å². The Morgan fingerprint density at radius 1 is 1.13 bits per heavy atom. The van der Waals surface area contributed by atoms with E-state index in [1.165, 1.54) is 48.0 Å². The number of halogens is 3. The molecule has 158 valence electrons. The van der Waals surface area contributed by atoms with Crippen molar-refractivity contribution in [1.29, 1.82) is 0 Å². The van der Waals surface area contributed by atoms with Gasteiger partial charge in [-0.15, -0.1) is 11.3 Å². The number of alkyl halides is 3. The molecule has 4 rings (SSSR count). The first-order valence-electron chi connectivity index (χ1n) is 9.13. The average molecular weight is 444 g/mol. The summed E-state index contributed by atoms with van der Waals surface area (Å²) in [6, 6.07) is 7.91. The molecular weight excluding hydrogens is 429 g/mol. The highest BCUT2D eigenvalue weighted by Crippen LogP contribution is 2.45. The van der Waals surface area contributed by atoms with Gasteiger partial charge in [0.25, 0.3) is 11.7 Å². The van der Waals surface area contributed by atoms with Crippen LogP contribution >= 0.6 is 11.3 Å². The van der Waals surface area contributed by atoms with Gasteiger partial charge in [0, 0.05) is 28.5 Å². The molecule has 1 saturated heterocycles. The lowest BCUT2D eigenvalue weighted by atomic mass is 9.98. The minimum absolute atomic E-state index is 0.0801. The Morgan fingerprint density at radius 2 is 1.84 bits per heavy atom. The zero-order chi connectivity index (χ0) is 22.3. The summed E-state index contributed by atoms with van der Waals surface area (Å²) in [5, 5.41) is 12.6. The first kappa shape index (κ1) is 20.8. The first-order chi connectivity index (χ1) is 14.7. The average Bonchev–Trinajstić information content (AvgIpc) is 3.28. The number of hydrogen-bond donors (Lipinski definition) is 1. The van der Waals surface area contributed by atoms with Crippen molar-refractivity contribution in [2.24, 2.45) is 0 Å². The number of rotatable bonds is 3. The number of carbonyl (C=O) groups excluding carboxylic acids is 2. The van der Waals surface area contributed by atoms with Crippen molar-refractivity contribution in [2.45, 2.75) is 19.1 Å². The highest BCUT2D eigenvalue weighted by Gasteiger charge is 2.48. The van der Waals surface area contributed by atoms with Gasteiger partial charge in [-0.1, -0.05) is 6.07 Å². The zero-order valence-corrected chi connectivity index (χ0v) is 16.9. The minimum Gasteiger partial charge on any atom is -0.507 e. The topological polar surface area (TPSA) is 70.5 Å². The summed E-state index contributed by atoms with van der Waals surface area (Å²) in [6.45, 7) is 1.77. The van der Waals surface area contributed by atoms with E-state index >= 15 is 0 Å². The van der Waals surface area contributed by atoms with Crippen LogP contribution in [0, 0.1) is 6.92 Å². The van der Waals surface area contributed by atoms with Crippen LogP contribution in [0.1, 0.15) is 27.6 Å². The summed E-state index contributed by atoms with van der Waals surface area (Å²) in [5.41, 5.74) is -0.184. The number of aryl methyl sites for hydroxylation is 1. The lowest BCUT2D eigenvalue weighted by molar-refractivity contribution is -0.137. The number of ketones is 1. The van der Waals surface area contributed by atoms with Crippen molar-refractivity contribution >= 4 is 34.5 Å². The standard InChI is InChI=1S/C22H15F3N2O3S/c1-12-7-10-31-20(12)17-16(18(28)13-5-8-26-9-6-13)19(29)21(30)27(17)15-4-2-3-14(11-15)22(23,24)25/h2-11,17,28H,1H3/b18-16-. The third-order valence-electron chi connectivity index (χ3n) is 5.00. The minimum atomic E-state index is -4.62. The third kappa shape index (κ3) is 3.61. The molecule has 31 heavy (non-hydrogen) atoms. The van der Waals surface area contributed by atoms with Crippen molar-refractivity contribution in [3.63, 3.8) is 0 Å². The number of thiophene rings is 1. The van der Waals surface area contributed by atoms with Gasteiger partial charge in [-0.25, -0.2) is 0 Å². The van der Waals surface area contributed by atoms with Crippen molar-refractivity contribution in [1.82, 2.24) is 4.98 Å². The maximum atomic E-state index is 13.3. The lowest BCUT2D eigenvalue weighted by Gasteiger charge is -2.25. The summed E-state index contributed by atoms with van der Waals surface area (Å²) >= 11 is 1.25. The molecule has 1 aliphatic rings. The van der Waals surface area contributed by atoms with Crippen molar-refractivity contribution in [3.8, 4) is 0 Å².